The second-order valence-corrected chi connectivity index (χ2v) is 6.67. The molecule has 2 N–H and O–H groups in total. The van der Waals surface area contributed by atoms with Crippen molar-refractivity contribution in [1.29, 1.82) is 5.26 Å². The summed E-state index contributed by atoms with van der Waals surface area (Å²) in [6, 6.07) is 4.47. The van der Waals surface area contributed by atoms with Crippen LogP contribution in [0.4, 0.5) is 13.2 Å². The van der Waals surface area contributed by atoms with E-state index < -0.39 is 24.2 Å². The summed E-state index contributed by atoms with van der Waals surface area (Å²) >= 11 is 3.18. The van der Waals surface area contributed by atoms with E-state index in [0.29, 0.717) is 4.47 Å². The van der Waals surface area contributed by atoms with Gasteiger partial charge in [0.15, 0.2) is 0 Å². The van der Waals surface area contributed by atoms with Crippen molar-refractivity contribution >= 4 is 21.8 Å². The number of nitriles is 1. The molecule has 2 atom stereocenters. The zero-order valence-electron chi connectivity index (χ0n) is 13.3. The molecule has 1 amide bonds. The SMILES string of the molecule is CC(C)C[C@@H](NC(c1ccc(Br)cc1)C(F)(F)F)C(=O)NCC#N. The molecule has 8 heteroatoms. The largest absolute Gasteiger partial charge is 0.407 e. The number of hydrogen-bond acceptors (Lipinski definition) is 3. The van der Waals surface area contributed by atoms with Gasteiger partial charge in [0, 0.05) is 4.47 Å². The molecule has 0 saturated carbocycles. The highest BCUT2D eigenvalue weighted by molar-refractivity contribution is 9.10. The topological polar surface area (TPSA) is 64.9 Å². The van der Waals surface area contributed by atoms with Gasteiger partial charge in [0.25, 0.3) is 0 Å². The molecule has 0 radical (unpaired) electrons. The first-order chi connectivity index (χ1) is 11.1. The number of nitrogens with one attached hydrogen (secondary N) is 2. The Labute approximate surface area is 147 Å². The van der Waals surface area contributed by atoms with Gasteiger partial charge in [-0.2, -0.15) is 18.4 Å². The van der Waals surface area contributed by atoms with Crippen LogP contribution in [0, 0.1) is 17.2 Å². The van der Waals surface area contributed by atoms with Crippen LogP contribution in [0.25, 0.3) is 0 Å². The fourth-order valence-electron chi connectivity index (χ4n) is 2.21. The molecule has 1 unspecified atom stereocenters. The maximum atomic E-state index is 13.5. The fourth-order valence-corrected chi connectivity index (χ4v) is 2.47. The van der Waals surface area contributed by atoms with Crippen molar-refractivity contribution in [2.75, 3.05) is 6.54 Å². The molecule has 0 aromatic heterocycles. The lowest BCUT2D eigenvalue weighted by atomic mass is 9.99. The Hall–Kier alpha value is -1.59. The molecule has 0 fully saturated rings. The van der Waals surface area contributed by atoms with Gasteiger partial charge in [-0.05, 0) is 30.0 Å². The molecule has 0 heterocycles. The highest BCUT2D eigenvalue weighted by Crippen LogP contribution is 2.34. The Bertz CT molecular complexity index is 582. The smallest absolute Gasteiger partial charge is 0.342 e. The normalized spacial score (nSPS) is 14.1. The first-order valence-corrected chi connectivity index (χ1v) is 8.17. The van der Waals surface area contributed by atoms with Crippen LogP contribution in [0.15, 0.2) is 28.7 Å². The Morgan fingerprint density at radius 1 is 1.29 bits per heavy atom. The van der Waals surface area contributed by atoms with Gasteiger partial charge >= 0.3 is 6.18 Å². The lowest BCUT2D eigenvalue weighted by Gasteiger charge is -2.28. The van der Waals surface area contributed by atoms with Crippen LogP contribution in [0.3, 0.4) is 0 Å². The summed E-state index contributed by atoms with van der Waals surface area (Å²) in [6.45, 7) is 3.38. The first-order valence-electron chi connectivity index (χ1n) is 7.38. The molecule has 0 saturated heterocycles. The Morgan fingerprint density at radius 3 is 2.33 bits per heavy atom. The number of rotatable bonds is 7. The van der Waals surface area contributed by atoms with Crippen molar-refractivity contribution in [3.63, 3.8) is 0 Å². The second-order valence-electron chi connectivity index (χ2n) is 5.75. The van der Waals surface area contributed by atoms with Crippen molar-refractivity contribution < 1.29 is 18.0 Å². The number of nitrogens with zero attached hydrogens (tertiary/aromatic N) is 1. The van der Waals surface area contributed by atoms with Gasteiger partial charge in [-0.15, -0.1) is 0 Å². The van der Waals surface area contributed by atoms with E-state index in [1.54, 1.807) is 6.07 Å². The average molecular weight is 406 g/mol. The molecule has 0 bridgehead atoms. The van der Waals surface area contributed by atoms with Gasteiger partial charge in [0.05, 0.1) is 12.1 Å². The monoisotopic (exact) mass is 405 g/mol. The number of carbonyl (C=O) groups is 1. The quantitative estimate of drug-likeness (QED) is 0.679. The van der Waals surface area contributed by atoms with E-state index in [2.05, 4.69) is 26.6 Å². The number of alkyl halides is 3. The molecule has 0 spiro atoms. The van der Waals surface area contributed by atoms with E-state index in [4.69, 9.17) is 5.26 Å². The van der Waals surface area contributed by atoms with Crippen molar-refractivity contribution in [1.82, 2.24) is 10.6 Å². The van der Waals surface area contributed by atoms with Crippen molar-refractivity contribution in [2.45, 2.75) is 38.5 Å². The highest BCUT2D eigenvalue weighted by atomic mass is 79.9. The summed E-state index contributed by atoms with van der Waals surface area (Å²) in [4.78, 5) is 12.1. The lowest BCUT2D eigenvalue weighted by molar-refractivity contribution is -0.161. The number of amides is 1. The third-order valence-corrected chi connectivity index (χ3v) is 3.79. The molecular weight excluding hydrogens is 387 g/mol. The zero-order valence-corrected chi connectivity index (χ0v) is 14.9. The average Bonchev–Trinajstić information content (AvgIpc) is 2.48. The molecular formula is C16H19BrF3N3O. The second kappa shape index (κ2) is 9.04. The summed E-state index contributed by atoms with van der Waals surface area (Å²) < 4.78 is 41.0. The van der Waals surface area contributed by atoms with Gasteiger partial charge < -0.3 is 5.32 Å². The summed E-state index contributed by atoms with van der Waals surface area (Å²) in [7, 11) is 0. The van der Waals surface area contributed by atoms with E-state index in [-0.39, 0.29) is 24.4 Å². The molecule has 1 aromatic rings. The van der Waals surface area contributed by atoms with Crippen LogP contribution in [-0.2, 0) is 4.79 Å². The summed E-state index contributed by atoms with van der Waals surface area (Å²) in [5.41, 5.74) is 0.0209. The van der Waals surface area contributed by atoms with E-state index in [1.165, 1.54) is 24.3 Å². The minimum absolute atomic E-state index is 0.00846. The molecule has 1 aromatic carbocycles. The first kappa shape index (κ1) is 20.5. The van der Waals surface area contributed by atoms with E-state index in [9.17, 15) is 18.0 Å². The van der Waals surface area contributed by atoms with E-state index in [1.807, 2.05) is 13.8 Å². The molecule has 132 valence electrons. The predicted octanol–water partition coefficient (Wildman–Crippen LogP) is 3.70. The molecule has 24 heavy (non-hydrogen) atoms. The summed E-state index contributed by atoms with van der Waals surface area (Å²) in [6.07, 6.45) is -4.33. The number of hydrogen-bond donors (Lipinski definition) is 2. The van der Waals surface area contributed by atoms with Gasteiger partial charge in [0.2, 0.25) is 5.91 Å². The van der Waals surface area contributed by atoms with E-state index in [0.717, 1.165) is 0 Å². The number of benzene rings is 1. The maximum Gasteiger partial charge on any atom is 0.407 e. The van der Waals surface area contributed by atoms with E-state index >= 15 is 0 Å². The standard InChI is InChI=1S/C16H19BrF3N3O/c1-10(2)9-13(15(24)22-8-7-21)23-14(16(18,19)20)11-3-5-12(17)6-4-11/h3-6,10,13-14,23H,8-9H2,1-2H3,(H,22,24)/t13-,14?/m1/s1. The van der Waals surface area contributed by atoms with Gasteiger partial charge in [0.1, 0.15) is 12.6 Å². The third-order valence-electron chi connectivity index (χ3n) is 3.26. The van der Waals surface area contributed by atoms with Crippen LogP contribution in [-0.4, -0.2) is 24.7 Å². The molecule has 4 nitrogen and oxygen atoms in total. The molecule has 0 aliphatic rings. The number of halogens is 4. The Balaban J connectivity index is 3.05. The van der Waals surface area contributed by atoms with Gasteiger partial charge in [-0.25, -0.2) is 0 Å². The van der Waals surface area contributed by atoms with Gasteiger partial charge in [-0.3, -0.25) is 10.1 Å². The minimum atomic E-state index is -4.56. The maximum absolute atomic E-state index is 13.5. The highest BCUT2D eigenvalue weighted by Gasteiger charge is 2.42. The van der Waals surface area contributed by atoms with Crippen LogP contribution in [0.1, 0.15) is 31.9 Å². The summed E-state index contributed by atoms with van der Waals surface area (Å²) in [5, 5.41) is 13.3. The predicted molar refractivity (Wildman–Crippen MR) is 87.9 cm³/mol. The minimum Gasteiger partial charge on any atom is -0.342 e. The molecule has 0 aliphatic heterocycles. The fraction of sp³-hybridized carbons (Fsp3) is 0.500. The van der Waals surface area contributed by atoms with Crippen LogP contribution >= 0.6 is 15.9 Å². The van der Waals surface area contributed by atoms with Gasteiger partial charge in [-0.1, -0.05) is 41.9 Å². The Kier molecular flexibility index (Phi) is 7.70. The van der Waals surface area contributed by atoms with Crippen molar-refractivity contribution in [2.24, 2.45) is 5.92 Å². The van der Waals surface area contributed by atoms with Crippen molar-refractivity contribution in [3.05, 3.63) is 34.3 Å². The van der Waals surface area contributed by atoms with Crippen LogP contribution in [0.5, 0.6) is 0 Å². The van der Waals surface area contributed by atoms with Crippen LogP contribution in [0.2, 0.25) is 0 Å². The Morgan fingerprint density at radius 2 is 1.88 bits per heavy atom. The van der Waals surface area contributed by atoms with Crippen molar-refractivity contribution in [3.8, 4) is 6.07 Å². The molecule has 1 rings (SSSR count). The molecule has 0 aliphatic carbocycles. The zero-order chi connectivity index (χ0) is 18.3. The third kappa shape index (κ3) is 6.49. The summed E-state index contributed by atoms with van der Waals surface area (Å²) in [5.74, 6) is -0.606. The number of carbonyl (C=O) groups excluding carboxylic acids is 1. The lowest BCUT2D eigenvalue weighted by Crippen LogP contribution is -2.49. The van der Waals surface area contributed by atoms with Crippen LogP contribution < -0.4 is 10.6 Å².